The van der Waals surface area contributed by atoms with E-state index in [0.717, 1.165) is 39.6 Å². The van der Waals surface area contributed by atoms with E-state index in [-0.39, 0.29) is 24.6 Å². The largest absolute Gasteiger partial charge is 0.496 e. The molecule has 4 nitrogen and oxygen atoms in total. The maximum absolute atomic E-state index is 12.3. The van der Waals surface area contributed by atoms with Gasteiger partial charge in [-0.05, 0) is 48.9 Å². The average Bonchev–Trinajstić information content (AvgIpc) is 3.00. The molecule has 0 aliphatic heterocycles. The second-order valence-corrected chi connectivity index (χ2v) is 7.21. The van der Waals surface area contributed by atoms with Gasteiger partial charge in [-0.2, -0.15) is 0 Å². The molecule has 0 N–H and O–H groups in total. The van der Waals surface area contributed by atoms with Crippen LogP contribution in [0.15, 0.2) is 18.2 Å². The normalized spacial score (nSPS) is 10.8. The van der Waals surface area contributed by atoms with Crippen LogP contribution in [-0.4, -0.2) is 30.8 Å². The van der Waals surface area contributed by atoms with Crippen LogP contribution in [0.25, 0.3) is 10.1 Å². The van der Waals surface area contributed by atoms with Crippen molar-refractivity contribution in [2.24, 2.45) is 0 Å². The summed E-state index contributed by atoms with van der Waals surface area (Å²) in [5.41, 5.74) is 1.15. The summed E-state index contributed by atoms with van der Waals surface area (Å²) >= 11 is 4.89. The summed E-state index contributed by atoms with van der Waals surface area (Å²) in [4.78, 5) is 24.4. The second kappa shape index (κ2) is 9.18. The molecule has 6 heteroatoms. The molecule has 1 aromatic carbocycles. The number of aryl methyl sites for hydroxylation is 1. The van der Waals surface area contributed by atoms with Crippen molar-refractivity contribution in [3.8, 4) is 5.75 Å². The molecule has 0 unspecified atom stereocenters. The number of methoxy groups -OCH3 is 1. The number of rotatable bonds is 9. The molecule has 0 atom stereocenters. The molecule has 0 spiro atoms. The van der Waals surface area contributed by atoms with Gasteiger partial charge in [0.1, 0.15) is 5.75 Å². The average molecular weight is 413 g/mol. The summed E-state index contributed by atoms with van der Waals surface area (Å²) in [6.07, 6.45) is 2.25. The number of carbonyl (C=O) groups excluding carboxylic acids is 2. The summed E-state index contributed by atoms with van der Waals surface area (Å²) in [7, 11) is 1.66. The van der Waals surface area contributed by atoms with Gasteiger partial charge in [0.05, 0.1) is 25.0 Å². The molecule has 130 valence electrons. The number of fused-ring (bicyclic) bond motifs is 1. The monoisotopic (exact) mass is 412 g/mol. The number of ether oxygens (including phenoxy) is 2. The summed E-state index contributed by atoms with van der Waals surface area (Å²) in [5.74, 6) is 0.506. The van der Waals surface area contributed by atoms with Crippen LogP contribution in [-0.2, 0) is 16.0 Å². The number of halogens is 1. The highest BCUT2D eigenvalue weighted by atomic mass is 79.9. The molecule has 24 heavy (non-hydrogen) atoms. The Kier molecular flexibility index (Phi) is 7.24. The van der Waals surface area contributed by atoms with E-state index in [9.17, 15) is 9.59 Å². The van der Waals surface area contributed by atoms with Gasteiger partial charge in [-0.15, -0.1) is 11.3 Å². The van der Waals surface area contributed by atoms with Gasteiger partial charge in [-0.25, -0.2) is 0 Å². The smallest absolute Gasteiger partial charge is 0.306 e. The summed E-state index contributed by atoms with van der Waals surface area (Å²) in [5, 5.41) is 1.99. The number of hydrogen-bond acceptors (Lipinski definition) is 5. The predicted octanol–water partition coefficient (Wildman–Crippen LogP) is 4.76. The third kappa shape index (κ3) is 4.80. The Balaban J connectivity index is 2.17. The zero-order valence-corrected chi connectivity index (χ0v) is 16.3. The SMILES string of the molecule is CCOC(=O)CCC(=O)c1cc2cc(CCCBr)c(OC)cc2s1. The molecule has 0 aliphatic rings. The number of benzene rings is 1. The number of hydrogen-bond donors (Lipinski definition) is 0. The van der Waals surface area contributed by atoms with E-state index in [2.05, 4.69) is 22.0 Å². The maximum Gasteiger partial charge on any atom is 0.306 e. The number of ketones is 1. The highest BCUT2D eigenvalue weighted by Gasteiger charge is 2.15. The van der Waals surface area contributed by atoms with Gasteiger partial charge in [-0.3, -0.25) is 9.59 Å². The minimum atomic E-state index is -0.328. The van der Waals surface area contributed by atoms with Crippen molar-refractivity contribution in [1.82, 2.24) is 0 Å². The zero-order valence-electron chi connectivity index (χ0n) is 13.9. The van der Waals surface area contributed by atoms with Crippen LogP contribution in [0.5, 0.6) is 5.75 Å². The van der Waals surface area contributed by atoms with E-state index in [1.165, 1.54) is 11.3 Å². The summed E-state index contributed by atoms with van der Waals surface area (Å²) in [6.45, 7) is 2.10. The molecule has 0 fully saturated rings. The van der Waals surface area contributed by atoms with E-state index in [1.807, 2.05) is 12.1 Å². The quantitative estimate of drug-likeness (QED) is 0.338. The molecular weight excluding hydrogens is 392 g/mol. The Morgan fingerprint density at radius 1 is 1.21 bits per heavy atom. The van der Waals surface area contributed by atoms with Gasteiger partial charge >= 0.3 is 5.97 Å². The topological polar surface area (TPSA) is 52.6 Å². The predicted molar refractivity (Wildman–Crippen MR) is 101 cm³/mol. The minimum absolute atomic E-state index is 0.0229. The Bertz CT molecular complexity index is 723. The van der Waals surface area contributed by atoms with E-state index in [0.29, 0.717) is 11.5 Å². The van der Waals surface area contributed by atoms with Crippen LogP contribution < -0.4 is 4.74 Å². The van der Waals surface area contributed by atoms with Crippen molar-refractivity contribution in [1.29, 1.82) is 0 Å². The molecule has 2 rings (SSSR count). The Labute approximate surface area is 154 Å². The summed E-state index contributed by atoms with van der Waals surface area (Å²) < 4.78 is 11.4. The van der Waals surface area contributed by atoms with Crippen LogP contribution in [0.1, 0.15) is 41.4 Å². The molecular formula is C18H21BrO4S. The third-order valence-corrected chi connectivity index (χ3v) is 5.34. The van der Waals surface area contributed by atoms with Gasteiger partial charge in [-0.1, -0.05) is 15.9 Å². The molecule has 2 aromatic rings. The third-order valence-electron chi connectivity index (χ3n) is 3.64. The fraction of sp³-hybridized carbons (Fsp3) is 0.444. The standard InChI is InChI=1S/C18H21BrO4S/c1-3-23-18(21)7-6-14(20)17-10-13-9-12(5-4-8-19)15(22-2)11-16(13)24-17/h9-11H,3-8H2,1-2H3. The van der Waals surface area contributed by atoms with Crippen LogP contribution in [0, 0.1) is 0 Å². The van der Waals surface area contributed by atoms with Crippen LogP contribution in [0.4, 0.5) is 0 Å². The van der Waals surface area contributed by atoms with Gasteiger partial charge in [0, 0.05) is 16.5 Å². The molecule has 1 heterocycles. The number of alkyl halides is 1. The molecule has 0 amide bonds. The first-order valence-corrected chi connectivity index (χ1v) is 9.88. The minimum Gasteiger partial charge on any atom is -0.496 e. The van der Waals surface area contributed by atoms with Crippen molar-refractivity contribution in [3.63, 3.8) is 0 Å². The first-order valence-electron chi connectivity index (χ1n) is 7.94. The fourth-order valence-electron chi connectivity index (χ4n) is 2.47. The van der Waals surface area contributed by atoms with Crippen molar-refractivity contribution in [2.75, 3.05) is 19.0 Å². The molecule has 0 bridgehead atoms. The van der Waals surface area contributed by atoms with Crippen LogP contribution >= 0.6 is 27.3 Å². The van der Waals surface area contributed by atoms with E-state index in [4.69, 9.17) is 9.47 Å². The lowest BCUT2D eigenvalue weighted by Crippen LogP contribution is -2.07. The Morgan fingerprint density at radius 3 is 2.67 bits per heavy atom. The van der Waals surface area contributed by atoms with E-state index >= 15 is 0 Å². The lowest BCUT2D eigenvalue weighted by Gasteiger charge is -2.07. The van der Waals surface area contributed by atoms with Gasteiger partial charge in [0.25, 0.3) is 0 Å². The highest BCUT2D eigenvalue weighted by Crippen LogP contribution is 2.33. The summed E-state index contributed by atoms with van der Waals surface area (Å²) in [6, 6.07) is 5.99. The zero-order chi connectivity index (χ0) is 17.5. The van der Waals surface area contributed by atoms with Crippen LogP contribution in [0.2, 0.25) is 0 Å². The van der Waals surface area contributed by atoms with E-state index in [1.54, 1.807) is 14.0 Å². The van der Waals surface area contributed by atoms with Crippen molar-refractivity contribution < 1.29 is 19.1 Å². The number of esters is 1. The number of Topliss-reactive ketones (excluding diaryl/α,β-unsaturated/α-hetero) is 1. The first-order chi connectivity index (χ1) is 11.6. The fourth-order valence-corrected chi connectivity index (χ4v) is 3.79. The Hall–Kier alpha value is -1.40. The maximum atomic E-state index is 12.3. The molecule has 0 saturated heterocycles. The lowest BCUT2D eigenvalue weighted by atomic mass is 10.1. The van der Waals surface area contributed by atoms with Crippen LogP contribution in [0.3, 0.4) is 0 Å². The van der Waals surface area contributed by atoms with Gasteiger partial charge < -0.3 is 9.47 Å². The molecule has 0 radical (unpaired) electrons. The van der Waals surface area contributed by atoms with E-state index < -0.39 is 0 Å². The first kappa shape index (κ1) is 18.9. The molecule has 0 saturated carbocycles. The van der Waals surface area contributed by atoms with Crippen molar-refractivity contribution >= 4 is 49.1 Å². The number of carbonyl (C=O) groups is 2. The molecule has 0 aliphatic carbocycles. The highest BCUT2D eigenvalue weighted by molar-refractivity contribution is 9.09. The molecule has 1 aromatic heterocycles. The second-order valence-electron chi connectivity index (χ2n) is 5.33. The van der Waals surface area contributed by atoms with Crippen molar-refractivity contribution in [3.05, 3.63) is 28.6 Å². The Morgan fingerprint density at radius 2 is 2.00 bits per heavy atom. The van der Waals surface area contributed by atoms with Gasteiger partial charge in [0.2, 0.25) is 0 Å². The van der Waals surface area contributed by atoms with Gasteiger partial charge in [0.15, 0.2) is 5.78 Å². The van der Waals surface area contributed by atoms with Crippen molar-refractivity contribution in [2.45, 2.75) is 32.6 Å². The lowest BCUT2D eigenvalue weighted by molar-refractivity contribution is -0.143. The number of thiophene rings is 1.